The second-order valence-corrected chi connectivity index (χ2v) is 4.36. The Hall–Kier alpha value is -3.03. The van der Waals surface area contributed by atoms with Crippen LogP contribution in [-0.4, -0.2) is 37.5 Å². The third-order valence-electron chi connectivity index (χ3n) is 3.02. The van der Waals surface area contributed by atoms with Gasteiger partial charge in [0.15, 0.2) is 11.2 Å². The minimum atomic E-state index is -0.397. The predicted molar refractivity (Wildman–Crippen MR) is 75.0 cm³/mol. The van der Waals surface area contributed by atoms with E-state index in [1.165, 1.54) is 22.6 Å². The van der Waals surface area contributed by atoms with E-state index in [1.807, 2.05) is 30.3 Å². The van der Waals surface area contributed by atoms with Gasteiger partial charge < -0.3 is 5.32 Å². The van der Waals surface area contributed by atoms with E-state index in [0.717, 1.165) is 5.69 Å². The zero-order chi connectivity index (χ0) is 14.8. The van der Waals surface area contributed by atoms with Crippen LogP contribution in [0.4, 0.5) is 0 Å². The molecule has 0 aliphatic rings. The molecule has 3 aromatic rings. The van der Waals surface area contributed by atoms with Crippen molar-refractivity contribution in [2.24, 2.45) is 0 Å². The average molecular weight is 284 g/mol. The van der Waals surface area contributed by atoms with Crippen molar-refractivity contribution in [1.82, 2.24) is 29.9 Å². The summed E-state index contributed by atoms with van der Waals surface area (Å²) in [6.07, 6.45) is 1.32. The average Bonchev–Trinajstić information content (AvgIpc) is 2.95. The van der Waals surface area contributed by atoms with E-state index in [-0.39, 0.29) is 18.0 Å². The number of carbonyl (C=O) groups is 1. The van der Waals surface area contributed by atoms with Crippen molar-refractivity contribution in [3.05, 3.63) is 47.0 Å². The van der Waals surface area contributed by atoms with Crippen molar-refractivity contribution in [3.8, 4) is 5.69 Å². The number of nitrogens with one attached hydrogen (secondary N) is 1. The van der Waals surface area contributed by atoms with Crippen LogP contribution in [-0.2, 0) is 11.3 Å². The summed E-state index contributed by atoms with van der Waals surface area (Å²) in [6.45, 7) is -0.101. The van der Waals surface area contributed by atoms with E-state index in [1.54, 1.807) is 0 Å². The molecule has 8 nitrogen and oxygen atoms in total. The number of hydrogen-bond donors (Lipinski definition) is 1. The molecular formula is C13H12N6O2. The van der Waals surface area contributed by atoms with Crippen molar-refractivity contribution in [3.63, 3.8) is 0 Å². The molecule has 3 rings (SSSR count). The van der Waals surface area contributed by atoms with Gasteiger partial charge in [0.25, 0.3) is 5.56 Å². The summed E-state index contributed by atoms with van der Waals surface area (Å²) in [5, 5.41) is 10.3. The minimum Gasteiger partial charge on any atom is -0.358 e. The molecule has 0 atom stereocenters. The van der Waals surface area contributed by atoms with Gasteiger partial charge in [0.05, 0.1) is 5.69 Å². The largest absolute Gasteiger partial charge is 0.358 e. The molecule has 0 unspecified atom stereocenters. The highest BCUT2D eigenvalue weighted by Gasteiger charge is 2.14. The molecule has 106 valence electrons. The molecule has 0 bridgehead atoms. The third-order valence-corrected chi connectivity index (χ3v) is 3.02. The maximum Gasteiger partial charge on any atom is 0.284 e. The molecule has 21 heavy (non-hydrogen) atoms. The molecule has 1 amide bonds. The van der Waals surface area contributed by atoms with Crippen molar-refractivity contribution in [1.29, 1.82) is 0 Å². The van der Waals surface area contributed by atoms with E-state index >= 15 is 0 Å². The zero-order valence-corrected chi connectivity index (χ0v) is 11.2. The number of likely N-dealkylation sites (N-methyl/N-ethyl adjacent to an activating group) is 1. The van der Waals surface area contributed by atoms with Gasteiger partial charge in [-0.25, -0.2) is 4.98 Å². The molecule has 0 aliphatic carbocycles. The van der Waals surface area contributed by atoms with Crippen LogP contribution in [0.2, 0.25) is 0 Å². The van der Waals surface area contributed by atoms with Crippen LogP contribution in [0.1, 0.15) is 0 Å². The van der Waals surface area contributed by atoms with Gasteiger partial charge in [-0.2, -0.15) is 4.68 Å². The second kappa shape index (κ2) is 5.16. The number of para-hydroxylation sites is 1. The lowest BCUT2D eigenvalue weighted by atomic mass is 10.3. The number of hydrogen-bond acceptors (Lipinski definition) is 5. The summed E-state index contributed by atoms with van der Waals surface area (Å²) >= 11 is 0. The summed E-state index contributed by atoms with van der Waals surface area (Å²) in [5.74, 6) is -0.284. The number of benzene rings is 1. The van der Waals surface area contributed by atoms with Gasteiger partial charge in [0, 0.05) is 7.05 Å². The lowest BCUT2D eigenvalue weighted by molar-refractivity contribution is -0.121. The Labute approximate surface area is 119 Å². The Morgan fingerprint density at radius 1 is 1.29 bits per heavy atom. The van der Waals surface area contributed by atoms with E-state index in [2.05, 4.69) is 20.6 Å². The van der Waals surface area contributed by atoms with E-state index in [9.17, 15) is 9.59 Å². The molecule has 2 heterocycles. The first-order valence-electron chi connectivity index (χ1n) is 6.27. The third kappa shape index (κ3) is 2.27. The SMILES string of the molecule is CNC(=O)Cn1cnc2c(nnn2-c2ccccc2)c1=O. The van der Waals surface area contributed by atoms with Gasteiger partial charge in [-0.3, -0.25) is 14.2 Å². The van der Waals surface area contributed by atoms with Crippen LogP contribution in [0, 0.1) is 0 Å². The monoisotopic (exact) mass is 284 g/mol. The molecule has 1 aromatic carbocycles. The fourth-order valence-corrected chi connectivity index (χ4v) is 1.93. The smallest absolute Gasteiger partial charge is 0.284 e. The minimum absolute atomic E-state index is 0.101. The molecule has 8 heteroatoms. The maximum absolute atomic E-state index is 12.3. The highest BCUT2D eigenvalue weighted by Crippen LogP contribution is 2.10. The molecule has 0 fully saturated rings. The van der Waals surface area contributed by atoms with Gasteiger partial charge in [-0.15, -0.1) is 5.10 Å². The molecule has 0 aliphatic heterocycles. The van der Waals surface area contributed by atoms with Crippen LogP contribution >= 0.6 is 0 Å². The number of rotatable bonds is 3. The first kappa shape index (κ1) is 13.0. The number of fused-ring (bicyclic) bond motifs is 1. The topological polar surface area (TPSA) is 94.7 Å². The second-order valence-electron chi connectivity index (χ2n) is 4.36. The Balaban J connectivity index is 2.11. The molecule has 0 spiro atoms. The summed E-state index contributed by atoms with van der Waals surface area (Å²) < 4.78 is 2.69. The molecule has 1 N–H and O–H groups in total. The zero-order valence-electron chi connectivity index (χ0n) is 11.2. The number of carbonyl (C=O) groups excluding carboxylic acids is 1. The van der Waals surface area contributed by atoms with Gasteiger partial charge in [-0.1, -0.05) is 23.4 Å². The number of nitrogens with zero attached hydrogens (tertiary/aromatic N) is 5. The number of amides is 1. The Morgan fingerprint density at radius 2 is 2.05 bits per heavy atom. The van der Waals surface area contributed by atoms with Gasteiger partial charge in [-0.05, 0) is 12.1 Å². The molecule has 2 aromatic heterocycles. The predicted octanol–water partition coefficient (Wildman–Crippen LogP) is -0.277. The number of aromatic nitrogens is 5. The Bertz CT molecular complexity index is 852. The Kier molecular flexibility index (Phi) is 3.19. The molecular weight excluding hydrogens is 272 g/mol. The molecule has 0 radical (unpaired) electrons. The lowest BCUT2D eigenvalue weighted by Crippen LogP contribution is -2.30. The van der Waals surface area contributed by atoms with Crippen LogP contribution in [0.15, 0.2) is 41.5 Å². The van der Waals surface area contributed by atoms with Crippen LogP contribution in [0.5, 0.6) is 0 Å². The van der Waals surface area contributed by atoms with E-state index in [0.29, 0.717) is 5.65 Å². The van der Waals surface area contributed by atoms with Gasteiger partial charge in [0.2, 0.25) is 5.91 Å². The fourth-order valence-electron chi connectivity index (χ4n) is 1.93. The van der Waals surface area contributed by atoms with Crippen molar-refractivity contribution < 1.29 is 4.79 Å². The van der Waals surface area contributed by atoms with E-state index in [4.69, 9.17) is 0 Å². The van der Waals surface area contributed by atoms with Crippen molar-refractivity contribution in [2.45, 2.75) is 6.54 Å². The molecule has 0 saturated carbocycles. The maximum atomic E-state index is 12.3. The van der Waals surface area contributed by atoms with Gasteiger partial charge in [0.1, 0.15) is 12.9 Å². The van der Waals surface area contributed by atoms with Crippen molar-refractivity contribution in [2.75, 3.05) is 7.05 Å². The lowest BCUT2D eigenvalue weighted by Gasteiger charge is -2.04. The normalized spacial score (nSPS) is 10.7. The summed E-state index contributed by atoms with van der Waals surface area (Å²) in [5.41, 5.74) is 0.853. The summed E-state index contributed by atoms with van der Waals surface area (Å²) in [6, 6.07) is 9.27. The fraction of sp³-hybridized carbons (Fsp3) is 0.154. The first-order valence-corrected chi connectivity index (χ1v) is 6.27. The van der Waals surface area contributed by atoms with Crippen LogP contribution in [0.3, 0.4) is 0 Å². The van der Waals surface area contributed by atoms with Crippen LogP contribution < -0.4 is 10.9 Å². The highest BCUT2D eigenvalue weighted by atomic mass is 16.2. The highest BCUT2D eigenvalue weighted by molar-refractivity contribution is 5.76. The standard InChI is InChI=1S/C13H12N6O2/c1-14-10(20)7-18-8-15-12-11(13(18)21)16-17-19(12)9-5-3-2-4-6-9/h2-6,8H,7H2,1H3,(H,14,20). The van der Waals surface area contributed by atoms with Crippen LogP contribution in [0.25, 0.3) is 16.9 Å². The van der Waals surface area contributed by atoms with Gasteiger partial charge >= 0.3 is 0 Å². The van der Waals surface area contributed by atoms with Crippen molar-refractivity contribution >= 4 is 17.1 Å². The quantitative estimate of drug-likeness (QED) is 0.714. The molecule has 0 saturated heterocycles. The first-order chi connectivity index (χ1) is 10.2. The Morgan fingerprint density at radius 3 is 2.76 bits per heavy atom. The summed E-state index contributed by atoms with van der Waals surface area (Å²) in [4.78, 5) is 27.8. The van der Waals surface area contributed by atoms with E-state index < -0.39 is 5.56 Å². The summed E-state index contributed by atoms with van der Waals surface area (Å²) in [7, 11) is 1.50.